The van der Waals surface area contributed by atoms with Gasteiger partial charge in [-0.15, -0.1) is 0 Å². The highest BCUT2D eigenvalue weighted by Gasteiger charge is 2.30. The van der Waals surface area contributed by atoms with Gasteiger partial charge in [-0.1, -0.05) is 18.2 Å². The molecular formula is C18H19F3N2O3. The molecule has 5 nitrogen and oxygen atoms in total. The molecule has 2 rings (SSSR count). The lowest BCUT2D eigenvalue weighted by atomic mass is 10.1. The van der Waals surface area contributed by atoms with Crippen LogP contribution < -0.4 is 10.6 Å². The molecule has 0 saturated carbocycles. The van der Waals surface area contributed by atoms with Crippen LogP contribution in [0.5, 0.6) is 0 Å². The van der Waals surface area contributed by atoms with Crippen molar-refractivity contribution in [3.8, 4) is 0 Å². The van der Waals surface area contributed by atoms with E-state index in [2.05, 4.69) is 15.4 Å². The zero-order valence-corrected chi connectivity index (χ0v) is 14.0. The third kappa shape index (κ3) is 5.38. The minimum absolute atomic E-state index is 0.0364. The summed E-state index contributed by atoms with van der Waals surface area (Å²) >= 11 is 0. The lowest BCUT2D eigenvalue weighted by Crippen LogP contribution is -2.28. The normalized spacial score (nSPS) is 12.3. The number of halogens is 3. The molecule has 0 fully saturated rings. The first-order valence-corrected chi connectivity index (χ1v) is 7.81. The molecule has 1 unspecified atom stereocenters. The van der Waals surface area contributed by atoms with E-state index in [1.54, 1.807) is 24.3 Å². The molecule has 0 aliphatic rings. The molecule has 0 aliphatic heterocycles. The van der Waals surface area contributed by atoms with Crippen molar-refractivity contribution in [3.05, 3.63) is 59.7 Å². The van der Waals surface area contributed by atoms with E-state index in [1.165, 1.54) is 19.2 Å². The fourth-order valence-electron chi connectivity index (χ4n) is 2.27. The zero-order valence-electron chi connectivity index (χ0n) is 14.0. The molecule has 0 amide bonds. The molecule has 8 heteroatoms. The Bertz CT molecular complexity index is 750. The predicted molar refractivity (Wildman–Crippen MR) is 92.2 cm³/mol. The number of carbonyl (C=O) groups is 1. The first kappa shape index (κ1) is 19.6. The number of hydrogen-bond donors (Lipinski definition) is 3. The van der Waals surface area contributed by atoms with Gasteiger partial charge >= 0.3 is 12.1 Å². The quantitative estimate of drug-likeness (QED) is 0.654. The van der Waals surface area contributed by atoms with Gasteiger partial charge in [0.25, 0.3) is 0 Å². The van der Waals surface area contributed by atoms with Crippen LogP contribution in [0.15, 0.2) is 48.5 Å². The number of ether oxygens (including phenoxy) is 1. The lowest BCUT2D eigenvalue weighted by Gasteiger charge is -2.16. The van der Waals surface area contributed by atoms with Crippen LogP contribution in [0.3, 0.4) is 0 Å². The Hall–Kier alpha value is -2.74. The summed E-state index contributed by atoms with van der Waals surface area (Å²) in [5.74, 6) is -0.510. The number of methoxy groups -OCH3 is 1. The molecule has 2 aromatic rings. The van der Waals surface area contributed by atoms with Crippen molar-refractivity contribution in [1.29, 1.82) is 0 Å². The van der Waals surface area contributed by atoms with E-state index < -0.39 is 23.8 Å². The summed E-state index contributed by atoms with van der Waals surface area (Å²) in [7, 11) is 1.27. The van der Waals surface area contributed by atoms with Gasteiger partial charge in [0.15, 0.2) is 0 Å². The Morgan fingerprint density at radius 2 is 1.81 bits per heavy atom. The average molecular weight is 368 g/mol. The number of benzene rings is 2. The van der Waals surface area contributed by atoms with E-state index in [1.807, 2.05) is 0 Å². The molecule has 140 valence electrons. The molecule has 1 atom stereocenters. The molecule has 26 heavy (non-hydrogen) atoms. The van der Waals surface area contributed by atoms with E-state index in [4.69, 9.17) is 0 Å². The first-order chi connectivity index (χ1) is 12.3. The van der Waals surface area contributed by atoms with E-state index in [-0.39, 0.29) is 18.8 Å². The Morgan fingerprint density at radius 1 is 1.12 bits per heavy atom. The number of aliphatic hydroxyl groups is 1. The minimum Gasteiger partial charge on any atom is -0.465 e. The number of nitrogens with one attached hydrogen (secondary N) is 2. The lowest BCUT2D eigenvalue weighted by molar-refractivity contribution is -0.137. The van der Waals surface area contributed by atoms with E-state index in [0.29, 0.717) is 11.3 Å². The van der Waals surface area contributed by atoms with Crippen LogP contribution >= 0.6 is 0 Å². The number of alkyl halides is 3. The maximum absolute atomic E-state index is 12.7. The van der Waals surface area contributed by atoms with Gasteiger partial charge in [-0.25, -0.2) is 4.79 Å². The average Bonchev–Trinajstić information content (AvgIpc) is 2.64. The molecule has 0 aliphatic carbocycles. The number of rotatable bonds is 7. The second kappa shape index (κ2) is 8.57. The Morgan fingerprint density at radius 3 is 2.50 bits per heavy atom. The highest BCUT2D eigenvalue weighted by molar-refractivity contribution is 5.95. The number of hydrogen-bond acceptors (Lipinski definition) is 5. The number of aliphatic hydroxyl groups excluding tert-OH is 1. The standard InChI is InChI=1S/C18H19F3N2O3/c1-26-17(25)15-7-2-3-8-16(15)23-11-14(24)10-22-13-6-4-5-12(9-13)18(19,20)21/h2-9,14,22-24H,10-11H2,1H3. The molecule has 0 aromatic heterocycles. The molecule has 3 N–H and O–H groups in total. The SMILES string of the molecule is COC(=O)c1ccccc1NCC(O)CNc1cccc(C(F)(F)F)c1. The maximum Gasteiger partial charge on any atom is 0.416 e. The zero-order chi connectivity index (χ0) is 19.2. The van der Waals surface area contributed by atoms with Gasteiger partial charge in [-0.05, 0) is 30.3 Å². The van der Waals surface area contributed by atoms with Gasteiger partial charge in [0.2, 0.25) is 0 Å². The van der Waals surface area contributed by atoms with Crippen molar-refractivity contribution in [1.82, 2.24) is 0 Å². The molecule has 0 radical (unpaired) electrons. The van der Waals surface area contributed by atoms with Crippen LogP contribution in [-0.4, -0.2) is 37.4 Å². The summed E-state index contributed by atoms with van der Waals surface area (Å²) in [5.41, 5.74) is 0.321. The van der Waals surface area contributed by atoms with Crippen molar-refractivity contribution in [2.24, 2.45) is 0 Å². The van der Waals surface area contributed by atoms with Crippen LogP contribution in [0, 0.1) is 0 Å². The summed E-state index contributed by atoms with van der Waals surface area (Å²) in [4.78, 5) is 11.7. The van der Waals surface area contributed by atoms with Gasteiger partial charge in [0, 0.05) is 24.5 Å². The maximum atomic E-state index is 12.7. The number of anilines is 2. The summed E-state index contributed by atoms with van der Waals surface area (Å²) in [6, 6.07) is 11.4. The second-order valence-electron chi connectivity index (χ2n) is 5.53. The first-order valence-electron chi connectivity index (χ1n) is 7.81. The van der Waals surface area contributed by atoms with Gasteiger partial charge in [0.05, 0.1) is 24.3 Å². The minimum atomic E-state index is -4.42. The highest BCUT2D eigenvalue weighted by Crippen LogP contribution is 2.30. The van der Waals surface area contributed by atoms with E-state index in [9.17, 15) is 23.1 Å². The third-order valence-electron chi connectivity index (χ3n) is 3.59. The topological polar surface area (TPSA) is 70.6 Å². The third-order valence-corrected chi connectivity index (χ3v) is 3.59. The molecule has 0 heterocycles. The monoisotopic (exact) mass is 368 g/mol. The van der Waals surface area contributed by atoms with Gasteiger partial charge in [-0.3, -0.25) is 0 Å². The van der Waals surface area contributed by atoms with Crippen LogP contribution in [0.4, 0.5) is 24.5 Å². The van der Waals surface area contributed by atoms with Crippen LogP contribution in [0.1, 0.15) is 15.9 Å². The van der Waals surface area contributed by atoms with Crippen molar-refractivity contribution in [2.75, 3.05) is 30.8 Å². The second-order valence-corrected chi connectivity index (χ2v) is 5.53. The largest absolute Gasteiger partial charge is 0.465 e. The van der Waals surface area contributed by atoms with Gasteiger partial charge in [0.1, 0.15) is 0 Å². The fourth-order valence-corrected chi connectivity index (χ4v) is 2.27. The Labute approximate surface area is 148 Å². The molecular weight excluding hydrogens is 349 g/mol. The van der Waals surface area contributed by atoms with E-state index in [0.717, 1.165) is 12.1 Å². The number of para-hydroxylation sites is 1. The molecule has 0 saturated heterocycles. The molecule has 0 bridgehead atoms. The Balaban J connectivity index is 1.91. The summed E-state index contributed by atoms with van der Waals surface area (Å²) < 4.78 is 42.7. The fraction of sp³-hybridized carbons (Fsp3) is 0.278. The van der Waals surface area contributed by atoms with Crippen molar-refractivity contribution in [2.45, 2.75) is 12.3 Å². The van der Waals surface area contributed by atoms with Crippen molar-refractivity contribution >= 4 is 17.3 Å². The smallest absolute Gasteiger partial charge is 0.416 e. The van der Waals surface area contributed by atoms with Gasteiger partial charge in [-0.2, -0.15) is 13.2 Å². The summed E-state index contributed by atoms with van der Waals surface area (Å²) in [6.45, 7) is 0.134. The summed E-state index contributed by atoms with van der Waals surface area (Å²) in [6.07, 6.45) is -5.31. The molecule has 0 spiro atoms. The van der Waals surface area contributed by atoms with Crippen molar-refractivity contribution in [3.63, 3.8) is 0 Å². The highest BCUT2D eigenvalue weighted by atomic mass is 19.4. The predicted octanol–water partition coefficient (Wildman–Crippen LogP) is 3.38. The molecule has 2 aromatic carbocycles. The van der Waals surface area contributed by atoms with Crippen LogP contribution in [0.2, 0.25) is 0 Å². The Kier molecular flexibility index (Phi) is 6.46. The van der Waals surface area contributed by atoms with Gasteiger partial charge < -0.3 is 20.5 Å². The van der Waals surface area contributed by atoms with Crippen LogP contribution in [-0.2, 0) is 10.9 Å². The van der Waals surface area contributed by atoms with Crippen molar-refractivity contribution < 1.29 is 27.8 Å². The van der Waals surface area contributed by atoms with E-state index >= 15 is 0 Å². The summed E-state index contributed by atoms with van der Waals surface area (Å²) in [5, 5.41) is 15.7. The number of carbonyl (C=O) groups excluding carboxylic acids is 1. The number of esters is 1. The van der Waals surface area contributed by atoms with Crippen LogP contribution in [0.25, 0.3) is 0 Å².